The van der Waals surface area contributed by atoms with Crippen LogP contribution in [-0.4, -0.2) is 44.1 Å². The first-order chi connectivity index (χ1) is 14.6. The molecule has 8 heteroatoms. The molecule has 0 saturated carbocycles. The fourth-order valence-electron chi connectivity index (χ4n) is 3.75. The number of aromatic nitrogens is 1. The minimum Gasteiger partial charge on any atom is -0.497 e. The summed E-state index contributed by atoms with van der Waals surface area (Å²) in [4.78, 5) is 13.1. The molecule has 2 aromatic carbocycles. The first-order valence-corrected chi connectivity index (χ1v) is 11.7. The van der Waals surface area contributed by atoms with Gasteiger partial charge in [0, 0.05) is 18.0 Å². The third kappa shape index (κ3) is 4.12. The van der Waals surface area contributed by atoms with Crippen molar-refractivity contribution in [3.63, 3.8) is 0 Å². The van der Waals surface area contributed by atoms with Crippen LogP contribution in [0, 0.1) is 0 Å². The van der Waals surface area contributed by atoms with Gasteiger partial charge >= 0.3 is 6.09 Å². The summed E-state index contributed by atoms with van der Waals surface area (Å²) in [6, 6.07) is 14.7. The maximum Gasteiger partial charge on any atom is 0.419 e. The zero-order chi connectivity index (χ0) is 22.4. The summed E-state index contributed by atoms with van der Waals surface area (Å²) in [7, 11) is -1.67. The zero-order valence-corrected chi connectivity index (χ0v) is 18.9. The molecule has 0 atom stereocenters. The van der Waals surface area contributed by atoms with E-state index in [1.807, 2.05) is 51.1 Å². The summed E-state index contributed by atoms with van der Waals surface area (Å²) in [5.41, 5.74) is 2.09. The summed E-state index contributed by atoms with van der Waals surface area (Å²) in [6.07, 6.45) is 0.135. The molecular formula is C23H26N2O5S. The third-order valence-electron chi connectivity index (χ3n) is 5.14. The van der Waals surface area contributed by atoms with Crippen molar-refractivity contribution < 1.29 is 22.7 Å². The number of ether oxygens (including phenoxy) is 2. The van der Waals surface area contributed by atoms with Crippen LogP contribution in [0.25, 0.3) is 22.2 Å². The van der Waals surface area contributed by atoms with Gasteiger partial charge in [-0.3, -0.25) is 4.31 Å². The highest BCUT2D eigenvalue weighted by atomic mass is 32.2. The number of nitrogens with zero attached hydrogens (tertiary/aromatic N) is 2. The highest BCUT2D eigenvalue weighted by Crippen LogP contribution is 2.33. The van der Waals surface area contributed by atoms with E-state index in [-0.39, 0.29) is 5.75 Å². The van der Waals surface area contributed by atoms with Crippen LogP contribution in [0.15, 0.2) is 48.5 Å². The van der Waals surface area contributed by atoms with E-state index >= 15 is 0 Å². The van der Waals surface area contributed by atoms with E-state index in [1.54, 1.807) is 25.3 Å². The highest BCUT2D eigenvalue weighted by molar-refractivity contribution is 7.93. The van der Waals surface area contributed by atoms with Gasteiger partial charge in [0.1, 0.15) is 11.4 Å². The van der Waals surface area contributed by atoms with Crippen LogP contribution in [-0.2, 0) is 14.8 Å². The summed E-state index contributed by atoms with van der Waals surface area (Å²) in [5.74, 6) is 0.806. The molecule has 4 rings (SSSR count). The van der Waals surface area contributed by atoms with Crippen molar-refractivity contribution in [1.82, 2.24) is 4.57 Å². The van der Waals surface area contributed by atoms with Gasteiger partial charge in [-0.05, 0) is 63.1 Å². The fraction of sp³-hybridized carbons (Fsp3) is 0.348. The van der Waals surface area contributed by atoms with Gasteiger partial charge in [-0.15, -0.1) is 0 Å². The van der Waals surface area contributed by atoms with Crippen LogP contribution in [0.2, 0.25) is 0 Å². The molecule has 2 heterocycles. The minimum atomic E-state index is -3.25. The average Bonchev–Trinajstić information content (AvgIpc) is 3.25. The summed E-state index contributed by atoms with van der Waals surface area (Å²) in [5, 5.41) is 0.868. The molecule has 31 heavy (non-hydrogen) atoms. The van der Waals surface area contributed by atoms with Gasteiger partial charge in [0.25, 0.3) is 0 Å². The maximum absolute atomic E-state index is 13.1. The summed E-state index contributed by atoms with van der Waals surface area (Å²) < 4.78 is 38.4. The molecule has 0 N–H and O–H groups in total. The predicted molar refractivity (Wildman–Crippen MR) is 121 cm³/mol. The van der Waals surface area contributed by atoms with Crippen LogP contribution in [0.1, 0.15) is 27.2 Å². The lowest BCUT2D eigenvalue weighted by molar-refractivity contribution is 0.0547. The van der Waals surface area contributed by atoms with Crippen LogP contribution in [0.3, 0.4) is 0 Å². The molecule has 1 fully saturated rings. The van der Waals surface area contributed by atoms with Gasteiger partial charge in [0.15, 0.2) is 0 Å². The number of hydrogen-bond acceptors (Lipinski definition) is 5. The molecule has 0 unspecified atom stereocenters. The van der Waals surface area contributed by atoms with E-state index in [9.17, 15) is 13.2 Å². The predicted octanol–water partition coefficient (Wildman–Crippen LogP) is 4.64. The standard InChI is InChI=1S/C23H26N2O5S/c1-23(2,3)30-22(26)25-20(14-17-8-11-19(29-4)15-21(17)25)16-6-9-18(10-7-16)24-12-5-13-31(24,27)28/h6-11,14-15H,5,12-13H2,1-4H3. The Balaban J connectivity index is 1.81. The van der Waals surface area contributed by atoms with Crippen LogP contribution >= 0.6 is 0 Å². The number of anilines is 1. The second-order valence-corrected chi connectivity index (χ2v) is 10.6. The maximum atomic E-state index is 13.1. The van der Waals surface area contributed by atoms with E-state index < -0.39 is 21.7 Å². The molecule has 1 aromatic heterocycles. The first-order valence-electron chi connectivity index (χ1n) is 10.1. The number of rotatable bonds is 3. The smallest absolute Gasteiger partial charge is 0.419 e. The van der Waals surface area contributed by atoms with Gasteiger partial charge in [-0.25, -0.2) is 17.8 Å². The van der Waals surface area contributed by atoms with Gasteiger partial charge in [0.05, 0.1) is 29.8 Å². The molecular weight excluding hydrogens is 416 g/mol. The van der Waals surface area contributed by atoms with Gasteiger partial charge in [-0.1, -0.05) is 12.1 Å². The number of carbonyl (C=O) groups is 1. The van der Waals surface area contributed by atoms with E-state index in [1.165, 1.54) is 8.87 Å². The number of carbonyl (C=O) groups excluding carboxylic acids is 1. The number of benzene rings is 2. The number of hydrogen-bond donors (Lipinski definition) is 0. The lowest BCUT2D eigenvalue weighted by Crippen LogP contribution is -2.27. The SMILES string of the molecule is COc1ccc2cc(-c3ccc(N4CCCS4(=O)=O)cc3)n(C(=O)OC(C)(C)C)c2c1. The fourth-order valence-corrected chi connectivity index (χ4v) is 5.32. The van der Waals surface area contributed by atoms with E-state index in [4.69, 9.17) is 9.47 Å². The molecule has 1 aliphatic heterocycles. The zero-order valence-electron chi connectivity index (χ0n) is 18.1. The lowest BCUT2D eigenvalue weighted by Gasteiger charge is -2.21. The van der Waals surface area contributed by atoms with E-state index in [0.717, 1.165) is 10.9 Å². The molecule has 1 aliphatic rings. The van der Waals surface area contributed by atoms with Crippen molar-refractivity contribution in [2.75, 3.05) is 23.7 Å². The molecule has 0 amide bonds. The average molecular weight is 443 g/mol. The molecule has 3 aromatic rings. The van der Waals surface area contributed by atoms with Crippen molar-refractivity contribution in [2.45, 2.75) is 32.8 Å². The lowest BCUT2D eigenvalue weighted by atomic mass is 10.1. The summed E-state index contributed by atoms with van der Waals surface area (Å²) >= 11 is 0. The second kappa shape index (κ2) is 7.60. The number of fused-ring (bicyclic) bond motifs is 1. The Hall–Kier alpha value is -3.00. The van der Waals surface area contributed by atoms with E-state index in [2.05, 4.69) is 0 Å². The minimum absolute atomic E-state index is 0.170. The molecule has 0 aliphatic carbocycles. The van der Waals surface area contributed by atoms with Crippen LogP contribution in [0.5, 0.6) is 5.75 Å². The van der Waals surface area contributed by atoms with Gasteiger partial charge < -0.3 is 9.47 Å². The third-order valence-corrected chi connectivity index (χ3v) is 7.01. The molecule has 1 saturated heterocycles. The van der Waals surface area contributed by atoms with Gasteiger partial charge in [0.2, 0.25) is 10.0 Å². The molecule has 0 spiro atoms. The molecule has 164 valence electrons. The topological polar surface area (TPSA) is 77.8 Å². The second-order valence-electron chi connectivity index (χ2n) is 8.56. The van der Waals surface area contributed by atoms with Crippen molar-refractivity contribution >= 4 is 32.7 Å². The number of sulfonamides is 1. The van der Waals surface area contributed by atoms with Crippen molar-refractivity contribution in [2.24, 2.45) is 0 Å². The largest absolute Gasteiger partial charge is 0.497 e. The Morgan fingerprint density at radius 3 is 2.32 bits per heavy atom. The number of methoxy groups -OCH3 is 1. The molecule has 0 bridgehead atoms. The Morgan fingerprint density at radius 2 is 1.74 bits per heavy atom. The van der Waals surface area contributed by atoms with Crippen molar-refractivity contribution in [1.29, 1.82) is 0 Å². The summed E-state index contributed by atoms with van der Waals surface area (Å²) in [6.45, 7) is 5.95. The quantitative estimate of drug-likeness (QED) is 0.591. The molecule has 0 radical (unpaired) electrons. The monoisotopic (exact) mass is 442 g/mol. The van der Waals surface area contributed by atoms with Crippen molar-refractivity contribution in [3.8, 4) is 17.0 Å². The Kier molecular flexibility index (Phi) is 5.21. The Morgan fingerprint density at radius 1 is 1.03 bits per heavy atom. The Labute approximate surface area is 182 Å². The Bertz CT molecular complexity index is 1240. The van der Waals surface area contributed by atoms with E-state index in [0.29, 0.717) is 35.6 Å². The normalized spacial score (nSPS) is 15.9. The highest BCUT2D eigenvalue weighted by Gasteiger charge is 2.28. The first kappa shape index (κ1) is 21.2. The van der Waals surface area contributed by atoms with Crippen molar-refractivity contribution in [3.05, 3.63) is 48.5 Å². The van der Waals surface area contributed by atoms with Crippen LogP contribution < -0.4 is 9.04 Å². The molecule has 7 nitrogen and oxygen atoms in total. The van der Waals surface area contributed by atoms with Gasteiger partial charge in [-0.2, -0.15) is 0 Å². The van der Waals surface area contributed by atoms with Crippen LogP contribution in [0.4, 0.5) is 10.5 Å².